The number of aromatic hydroxyl groups is 3. The third-order valence-electron chi connectivity index (χ3n) is 4.98. The van der Waals surface area contributed by atoms with Crippen molar-refractivity contribution < 1.29 is 24.9 Å². The molecule has 0 fully saturated rings. The van der Waals surface area contributed by atoms with E-state index in [1.165, 1.54) is 25.3 Å². The van der Waals surface area contributed by atoms with Crippen LogP contribution in [0.3, 0.4) is 0 Å². The number of nitrogens with zero attached hydrogens (tertiary/aromatic N) is 1. The lowest BCUT2D eigenvalue weighted by molar-refractivity contribution is -0.141. The van der Waals surface area contributed by atoms with Crippen LogP contribution in [0.15, 0.2) is 29.1 Å². The number of benzene rings is 1. The lowest BCUT2D eigenvalue weighted by Gasteiger charge is -2.22. The number of rotatable bonds is 7. The van der Waals surface area contributed by atoms with Crippen molar-refractivity contribution in [3.63, 3.8) is 0 Å². The molecule has 2 aromatic rings. The summed E-state index contributed by atoms with van der Waals surface area (Å²) in [5, 5.41) is 29.5. The largest absolute Gasteiger partial charge is 0.507 e. The number of carbonyl (C=O) groups is 1. The Morgan fingerprint density at radius 2 is 1.79 bits per heavy atom. The van der Waals surface area contributed by atoms with Gasteiger partial charge in [0.2, 0.25) is 0 Å². The Hall–Kier alpha value is -2.96. The fourth-order valence-electron chi connectivity index (χ4n) is 3.29. The van der Waals surface area contributed by atoms with Crippen LogP contribution >= 0.6 is 0 Å². The highest BCUT2D eigenvalue weighted by molar-refractivity contribution is 5.70. The SMILES string of the molecule is COC(=O)CC(c1c(O)cc(C)n(CCc2ccc(O)c(O)c2)c1=O)C(C)C. The summed E-state index contributed by atoms with van der Waals surface area (Å²) in [7, 11) is 1.29. The van der Waals surface area contributed by atoms with Crippen LogP contribution in [-0.4, -0.2) is 33.0 Å². The summed E-state index contributed by atoms with van der Waals surface area (Å²) in [6.45, 7) is 5.82. The van der Waals surface area contributed by atoms with E-state index in [0.29, 0.717) is 18.7 Å². The molecule has 0 aliphatic rings. The van der Waals surface area contributed by atoms with Gasteiger partial charge in [-0.05, 0) is 43.0 Å². The fourth-order valence-corrected chi connectivity index (χ4v) is 3.29. The number of aromatic nitrogens is 1. The molecule has 0 spiro atoms. The molecule has 7 nitrogen and oxygen atoms in total. The summed E-state index contributed by atoms with van der Waals surface area (Å²) < 4.78 is 6.29. The second-order valence-electron chi connectivity index (χ2n) is 7.25. The zero-order valence-electron chi connectivity index (χ0n) is 16.6. The van der Waals surface area contributed by atoms with Gasteiger partial charge in [-0.1, -0.05) is 19.9 Å². The second kappa shape index (κ2) is 8.82. The number of phenolic OH excluding ortho intramolecular Hbond substituents is 2. The molecule has 0 radical (unpaired) electrons. The van der Waals surface area contributed by atoms with Gasteiger partial charge in [-0.25, -0.2) is 0 Å². The van der Waals surface area contributed by atoms with Crippen molar-refractivity contribution in [1.29, 1.82) is 0 Å². The number of ether oxygens (including phenoxy) is 1. The van der Waals surface area contributed by atoms with Crippen molar-refractivity contribution in [1.82, 2.24) is 4.57 Å². The normalized spacial score (nSPS) is 12.2. The van der Waals surface area contributed by atoms with E-state index in [2.05, 4.69) is 0 Å². The number of methoxy groups -OCH3 is 1. The van der Waals surface area contributed by atoms with Gasteiger partial charge >= 0.3 is 5.97 Å². The quantitative estimate of drug-likeness (QED) is 0.496. The van der Waals surface area contributed by atoms with Crippen LogP contribution in [0.2, 0.25) is 0 Å². The maximum absolute atomic E-state index is 13.1. The maximum atomic E-state index is 13.1. The third-order valence-corrected chi connectivity index (χ3v) is 4.98. The van der Waals surface area contributed by atoms with Gasteiger partial charge in [-0.15, -0.1) is 0 Å². The molecule has 1 aromatic carbocycles. The third kappa shape index (κ3) is 4.65. The number of pyridine rings is 1. The van der Waals surface area contributed by atoms with Gasteiger partial charge in [0.1, 0.15) is 5.75 Å². The van der Waals surface area contributed by atoms with E-state index in [1.807, 2.05) is 13.8 Å². The molecule has 0 amide bonds. The maximum Gasteiger partial charge on any atom is 0.306 e. The Morgan fingerprint density at radius 1 is 1.11 bits per heavy atom. The number of carbonyl (C=O) groups excluding carboxylic acids is 1. The molecule has 1 atom stereocenters. The molecular formula is C21H27NO6. The minimum Gasteiger partial charge on any atom is -0.507 e. The van der Waals surface area contributed by atoms with Crippen molar-refractivity contribution >= 4 is 5.97 Å². The zero-order valence-corrected chi connectivity index (χ0v) is 16.6. The van der Waals surface area contributed by atoms with Crippen molar-refractivity contribution in [3.05, 3.63) is 51.4 Å². The number of hydrogen-bond acceptors (Lipinski definition) is 6. The minimum atomic E-state index is -0.468. The van der Waals surface area contributed by atoms with Crippen LogP contribution in [0.25, 0.3) is 0 Å². The Morgan fingerprint density at radius 3 is 2.36 bits per heavy atom. The summed E-state index contributed by atoms with van der Waals surface area (Å²) in [4.78, 5) is 24.9. The summed E-state index contributed by atoms with van der Waals surface area (Å²) in [6.07, 6.45) is 0.452. The van der Waals surface area contributed by atoms with Crippen LogP contribution < -0.4 is 5.56 Å². The average Bonchev–Trinajstić information content (AvgIpc) is 2.62. The van der Waals surface area contributed by atoms with E-state index in [0.717, 1.165) is 5.56 Å². The predicted molar refractivity (Wildman–Crippen MR) is 105 cm³/mol. The number of esters is 1. The Kier molecular flexibility index (Phi) is 6.72. The van der Waals surface area contributed by atoms with Gasteiger partial charge in [-0.3, -0.25) is 9.59 Å². The first-order valence-corrected chi connectivity index (χ1v) is 9.16. The smallest absolute Gasteiger partial charge is 0.306 e. The predicted octanol–water partition coefficient (Wildman–Crippen LogP) is 2.82. The molecule has 152 valence electrons. The summed E-state index contributed by atoms with van der Waals surface area (Å²) in [5.41, 5.74) is 1.21. The second-order valence-corrected chi connectivity index (χ2v) is 7.25. The number of hydrogen-bond donors (Lipinski definition) is 3. The number of aryl methyl sites for hydroxylation is 2. The monoisotopic (exact) mass is 389 g/mol. The van der Waals surface area contributed by atoms with Crippen LogP contribution in [0.4, 0.5) is 0 Å². The number of phenols is 2. The highest BCUT2D eigenvalue weighted by atomic mass is 16.5. The Balaban J connectivity index is 2.40. The molecule has 2 rings (SSSR count). The molecule has 0 aliphatic carbocycles. The minimum absolute atomic E-state index is 0.00582. The molecule has 3 N–H and O–H groups in total. The van der Waals surface area contributed by atoms with Gasteiger partial charge in [0.05, 0.1) is 19.1 Å². The molecule has 1 heterocycles. The molecule has 28 heavy (non-hydrogen) atoms. The van der Waals surface area contributed by atoms with Crippen molar-refractivity contribution in [2.45, 2.75) is 46.1 Å². The lowest BCUT2D eigenvalue weighted by Crippen LogP contribution is -2.30. The molecular weight excluding hydrogens is 362 g/mol. The van der Waals surface area contributed by atoms with E-state index in [-0.39, 0.29) is 40.7 Å². The molecule has 1 aromatic heterocycles. The summed E-state index contributed by atoms with van der Waals surface area (Å²) in [5.74, 6) is -1.50. The molecule has 0 bridgehead atoms. The van der Waals surface area contributed by atoms with E-state index in [1.54, 1.807) is 17.6 Å². The fraction of sp³-hybridized carbons (Fsp3) is 0.429. The van der Waals surface area contributed by atoms with Crippen molar-refractivity contribution in [2.24, 2.45) is 5.92 Å². The topological polar surface area (TPSA) is 109 Å². The van der Waals surface area contributed by atoms with E-state index >= 15 is 0 Å². The molecule has 1 unspecified atom stereocenters. The highest BCUT2D eigenvalue weighted by Gasteiger charge is 2.27. The molecule has 0 aliphatic heterocycles. The first kappa shape index (κ1) is 21.3. The zero-order chi connectivity index (χ0) is 21.0. The molecule has 0 saturated carbocycles. The van der Waals surface area contributed by atoms with Gasteiger partial charge in [0.25, 0.3) is 5.56 Å². The highest BCUT2D eigenvalue weighted by Crippen LogP contribution is 2.32. The lowest BCUT2D eigenvalue weighted by atomic mass is 9.85. The Bertz CT molecular complexity index is 916. The molecule has 0 saturated heterocycles. The van der Waals surface area contributed by atoms with Crippen LogP contribution in [0.1, 0.15) is 43.0 Å². The first-order valence-electron chi connectivity index (χ1n) is 9.16. The van der Waals surface area contributed by atoms with E-state index < -0.39 is 11.9 Å². The standard InChI is InChI=1S/C21H27NO6/c1-12(2)15(11-19(26)28-4)20-18(25)9-13(3)22(21(20)27)8-7-14-5-6-16(23)17(24)10-14/h5-6,9-10,12,15,23-25H,7-8,11H2,1-4H3. The summed E-state index contributed by atoms with van der Waals surface area (Å²) in [6, 6.07) is 6.04. The van der Waals surface area contributed by atoms with E-state index in [9.17, 15) is 24.9 Å². The summed E-state index contributed by atoms with van der Waals surface area (Å²) >= 11 is 0. The van der Waals surface area contributed by atoms with Crippen LogP contribution in [-0.2, 0) is 22.5 Å². The molecule has 7 heteroatoms. The van der Waals surface area contributed by atoms with Crippen molar-refractivity contribution in [3.8, 4) is 17.2 Å². The van der Waals surface area contributed by atoms with Gasteiger partial charge in [0.15, 0.2) is 11.5 Å². The Labute approximate surface area is 163 Å². The van der Waals surface area contributed by atoms with E-state index in [4.69, 9.17) is 4.74 Å². The van der Waals surface area contributed by atoms with Gasteiger partial charge < -0.3 is 24.6 Å². The average molecular weight is 389 g/mol. The van der Waals surface area contributed by atoms with Crippen molar-refractivity contribution in [2.75, 3.05) is 7.11 Å². The van der Waals surface area contributed by atoms with Crippen LogP contribution in [0.5, 0.6) is 17.2 Å². The van der Waals surface area contributed by atoms with Crippen LogP contribution in [0, 0.1) is 12.8 Å². The van der Waals surface area contributed by atoms with Gasteiger partial charge in [-0.2, -0.15) is 0 Å². The van der Waals surface area contributed by atoms with Gasteiger partial charge in [0, 0.05) is 18.2 Å². The first-order chi connectivity index (χ1) is 13.1.